The van der Waals surface area contributed by atoms with Crippen molar-refractivity contribution in [3.8, 4) is 5.75 Å². The summed E-state index contributed by atoms with van der Waals surface area (Å²) < 4.78 is 10.1. The third-order valence-electron chi connectivity index (χ3n) is 3.87. The Labute approximate surface area is 171 Å². The molecule has 1 aromatic heterocycles. The highest BCUT2D eigenvalue weighted by atomic mass is 35.5. The Bertz CT molecular complexity index is 963. The lowest BCUT2D eigenvalue weighted by Crippen LogP contribution is -2.22. The number of carbonyl (C=O) groups is 2. The highest BCUT2D eigenvalue weighted by Crippen LogP contribution is 2.33. The molecule has 0 fully saturated rings. The summed E-state index contributed by atoms with van der Waals surface area (Å²) in [7, 11) is 1.45. The minimum atomic E-state index is -0.334. The number of ether oxygens (including phenoxy) is 1. The summed E-state index contributed by atoms with van der Waals surface area (Å²) in [6.07, 6.45) is 1.43. The van der Waals surface area contributed by atoms with Gasteiger partial charge in [-0.05, 0) is 42.0 Å². The molecule has 0 aliphatic rings. The fraction of sp³-hybridized carbons (Fsp3) is 0.100. The first-order valence-electron chi connectivity index (χ1n) is 8.23. The van der Waals surface area contributed by atoms with Gasteiger partial charge in [-0.2, -0.15) is 0 Å². The summed E-state index contributed by atoms with van der Waals surface area (Å²) in [6, 6.07) is 13.3. The van der Waals surface area contributed by atoms with Crippen molar-refractivity contribution in [3.05, 3.63) is 81.7 Å². The molecule has 3 rings (SSSR count). The molecule has 28 heavy (non-hydrogen) atoms. The van der Waals surface area contributed by atoms with Gasteiger partial charge in [-0.25, -0.2) is 0 Å². The number of nitrogens with one attached hydrogen (secondary N) is 2. The zero-order valence-electron chi connectivity index (χ0n) is 14.8. The molecule has 0 aliphatic carbocycles. The van der Waals surface area contributed by atoms with E-state index in [0.29, 0.717) is 23.5 Å². The molecular weight excluding hydrogens is 403 g/mol. The molecule has 2 N–H and O–H groups in total. The van der Waals surface area contributed by atoms with Gasteiger partial charge < -0.3 is 19.8 Å². The Morgan fingerprint density at radius 2 is 1.71 bits per heavy atom. The van der Waals surface area contributed by atoms with Crippen LogP contribution in [0.15, 0.2) is 59.2 Å². The number of rotatable bonds is 6. The van der Waals surface area contributed by atoms with Crippen molar-refractivity contribution >= 4 is 40.7 Å². The maximum Gasteiger partial charge on any atom is 0.291 e. The second kappa shape index (κ2) is 8.82. The molecule has 6 nitrogen and oxygen atoms in total. The van der Waals surface area contributed by atoms with E-state index in [9.17, 15) is 9.59 Å². The summed E-state index contributed by atoms with van der Waals surface area (Å²) in [4.78, 5) is 24.3. The lowest BCUT2D eigenvalue weighted by molar-refractivity contribution is 0.0949. The summed E-state index contributed by atoms with van der Waals surface area (Å²) in [5.41, 5.74) is 1.80. The smallest absolute Gasteiger partial charge is 0.291 e. The lowest BCUT2D eigenvalue weighted by Gasteiger charge is -2.10. The van der Waals surface area contributed by atoms with Crippen LogP contribution in [0.25, 0.3) is 0 Å². The van der Waals surface area contributed by atoms with Gasteiger partial charge in [0.1, 0.15) is 0 Å². The van der Waals surface area contributed by atoms with Gasteiger partial charge in [-0.1, -0.05) is 35.3 Å². The van der Waals surface area contributed by atoms with Crippen LogP contribution in [-0.2, 0) is 6.54 Å². The number of carbonyl (C=O) groups excluding carboxylic acids is 2. The van der Waals surface area contributed by atoms with E-state index >= 15 is 0 Å². The topological polar surface area (TPSA) is 80.6 Å². The number of anilines is 1. The summed E-state index contributed by atoms with van der Waals surface area (Å²) in [6.45, 7) is 0.298. The van der Waals surface area contributed by atoms with E-state index in [1.807, 2.05) is 0 Å². The Kier molecular flexibility index (Phi) is 6.23. The normalized spacial score (nSPS) is 10.4. The average Bonchev–Trinajstić information content (AvgIpc) is 3.22. The molecule has 144 valence electrons. The van der Waals surface area contributed by atoms with Gasteiger partial charge >= 0.3 is 0 Å². The van der Waals surface area contributed by atoms with Crippen LogP contribution in [0.2, 0.25) is 10.0 Å². The van der Waals surface area contributed by atoms with Crippen LogP contribution in [0, 0.1) is 0 Å². The van der Waals surface area contributed by atoms with E-state index in [1.165, 1.54) is 25.5 Å². The Hall–Kier alpha value is -2.96. The first-order valence-corrected chi connectivity index (χ1v) is 8.98. The quantitative estimate of drug-likeness (QED) is 0.603. The van der Waals surface area contributed by atoms with Crippen LogP contribution in [-0.4, -0.2) is 18.9 Å². The zero-order chi connectivity index (χ0) is 20.1. The monoisotopic (exact) mass is 418 g/mol. The predicted octanol–water partition coefficient (Wildman–Crippen LogP) is 4.78. The Balaban J connectivity index is 1.59. The van der Waals surface area contributed by atoms with E-state index in [0.717, 1.165) is 5.56 Å². The SMILES string of the molecule is COc1c(Cl)cc(C(=O)NCc2ccc(NC(=O)c3ccco3)cc2)cc1Cl. The first-order chi connectivity index (χ1) is 13.5. The second-order valence-corrected chi connectivity index (χ2v) is 6.60. The van der Waals surface area contributed by atoms with E-state index in [-0.39, 0.29) is 27.6 Å². The number of methoxy groups -OCH3 is 1. The fourth-order valence-electron chi connectivity index (χ4n) is 2.48. The van der Waals surface area contributed by atoms with Gasteiger partial charge in [0.15, 0.2) is 11.5 Å². The van der Waals surface area contributed by atoms with Crippen LogP contribution >= 0.6 is 23.2 Å². The van der Waals surface area contributed by atoms with Crippen molar-refractivity contribution in [3.63, 3.8) is 0 Å². The molecule has 8 heteroatoms. The van der Waals surface area contributed by atoms with E-state index < -0.39 is 0 Å². The maximum atomic E-state index is 12.3. The molecule has 1 heterocycles. The maximum absolute atomic E-state index is 12.3. The molecule has 0 radical (unpaired) electrons. The van der Waals surface area contributed by atoms with Gasteiger partial charge in [0, 0.05) is 17.8 Å². The Morgan fingerprint density at radius 3 is 2.29 bits per heavy atom. The summed E-state index contributed by atoms with van der Waals surface area (Å²) in [5.74, 6) is -0.0961. The number of benzene rings is 2. The molecule has 0 aliphatic heterocycles. The highest BCUT2D eigenvalue weighted by Gasteiger charge is 2.13. The zero-order valence-corrected chi connectivity index (χ0v) is 16.3. The molecule has 0 saturated heterocycles. The molecule has 0 spiro atoms. The molecule has 0 bridgehead atoms. The summed E-state index contributed by atoms with van der Waals surface area (Å²) in [5, 5.41) is 6.04. The third-order valence-corrected chi connectivity index (χ3v) is 4.44. The molecule has 2 aromatic carbocycles. The number of amides is 2. The van der Waals surface area contributed by atoms with Gasteiger partial charge in [0.05, 0.1) is 23.4 Å². The third kappa shape index (κ3) is 4.65. The average molecular weight is 419 g/mol. The highest BCUT2D eigenvalue weighted by molar-refractivity contribution is 6.37. The van der Waals surface area contributed by atoms with Gasteiger partial charge in [0.2, 0.25) is 0 Å². The van der Waals surface area contributed by atoms with E-state index in [2.05, 4.69) is 10.6 Å². The van der Waals surface area contributed by atoms with Crippen molar-refractivity contribution in [1.29, 1.82) is 0 Å². The van der Waals surface area contributed by atoms with Gasteiger partial charge in [-0.3, -0.25) is 9.59 Å². The van der Waals surface area contributed by atoms with Gasteiger partial charge in [-0.15, -0.1) is 0 Å². The molecular formula is C20H16Cl2N2O4. The van der Waals surface area contributed by atoms with Crippen LogP contribution in [0.4, 0.5) is 5.69 Å². The van der Waals surface area contributed by atoms with Crippen LogP contribution in [0.3, 0.4) is 0 Å². The minimum absolute atomic E-state index is 0.230. The Morgan fingerprint density at radius 1 is 1.04 bits per heavy atom. The lowest BCUT2D eigenvalue weighted by atomic mass is 10.1. The molecule has 0 saturated carbocycles. The minimum Gasteiger partial charge on any atom is -0.494 e. The number of furan rings is 1. The second-order valence-electron chi connectivity index (χ2n) is 5.78. The number of hydrogen-bond acceptors (Lipinski definition) is 4. The van der Waals surface area contributed by atoms with Crippen LogP contribution in [0.5, 0.6) is 5.75 Å². The van der Waals surface area contributed by atoms with Crippen LogP contribution in [0.1, 0.15) is 26.5 Å². The van der Waals surface area contributed by atoms with E-state index in [1.54, 1.807) is 36.4 Å². The van der Waals surface area contributed by atoms with Crippen molar-refractivity contribution in [1.82, 2.24) is 5.32 Å². The number of halogens is 2. The predicted molar refractivity (Wildman–Crippen MR) is 107 cm³/mol. The van der Waals surface area contributed by atoms with Crippen molar-refractivity contribution in [2.24, 2.45) is 0 Å². The molecule has 3 aromatic rings. The van der Waals surface area contributed by atoms with Gasteiger partial charge in [0.25, 0.3) is 11.8 Å². The largest absolute Gasteiger partial charge is 0.494 e. The summed E-state index contributed by atoms with van der Waals surface area (Å²) >= 11 is 12.1. The standard InChI is InChI=1S/C20H16Cl2N2O4/c1-27-18-15(21)9-13(10-16(18)22)19(25)23-11-12-4-6-14(7-5-12)24-20(26)17-3-2-8-28-17/h2-10H,11H2,1H3,(H,23,25)(H,24,26). The molecule has 0 unspecified atom stereocenters. The molecule has 0 atom stereocenters. The van der Waals surface area contributed by atoms with Crippen LogP contribution < -0.4 is 15.4 Å². The van der Waals surface area contributed by atoms with Crippen molar-refractivity contribution in [2.75, 3.05) is 12.4 Å². The molecule has 2 amide bonds. The number of hydrogen-bond donors (Lipinski definition) is 2. The fourth-order valence-corrected chi connectivity index (χ4v) is 3.12. The van der Waals surface area contributed by atoms with Crippen molar-refractivity contribution < 1.29 is 18.7 Å². The van der Waals surface area contributed by atoms with E-state index in [4.69, 9.17) is 32.4 Å². The first kappa shape index (κ1) is 19.8. The van der Waals surface area contributed by atoms with Crippen molar-refractivity contribution in [2.45, 2.75) is 6.54 Å².